The van der Waals surface area contributed by atoms with Crippen LogP contribution in [0.3, 0.4) is 0 Å². The van der Waals surface area contributed by atoms with Gasteiger partial charge in [-0.25, -0.2) is 4.98 Å². The number of hydrogen-bond donors (Lipinski definition) is 2. The second-order valence-electron chi connectivity index (χ2n) is 9.11. The highest BCUT2D eigenvalue weighted by atomic mass is 19.4. The van der Waals surface area contributed by atoms with E-state index in [2.05, 4.69) is 25.5 Å². The van der Waals surface area contributed by atoms with Crippen LogP contribution in [0.4, 0.5) is 26.3 Å². The Labute approximate surface area is 211 Å². The standard InChI is InChI=1S/C25H20F6N6O/c1-37-11-17(15-4-2-3-5-18(15)24(26,27)28)19(12-37)34-23(38)14-8-16-21(35-36-22(16)33-10-14)13-6-7-32-20(9-13)25(29,30)31/h2-10,17,19H,11-12H2,1H3,(H,34,38)(H,33,35,36)/t17-,19-/m0/s1. The first-order chi connectivity index (χ1) is 17.9. The maximum Gasteiger partial charge on any atom is 0.433 e. The summed E-state index contributed by atoms with van der Waals surface area (Å²) in [5, 5.41) is 9.82. The predicted molar refractivity (Wildman–Crippen MR) is 125 cm³/mol. The lowest BCUT2D eigenvalue weighted by molar-refractivity contribution is -0.141. The van der Waals surface area contributed by atoms with Gasteiger partial charge in [0.05, 0.1) is 11.1 Å². The topological polar surface area (TPSA) is 86.8 Å². The normalized spacial score (nSPS) is 18.7. The number of rotatable bonds is 4. The van der Waals surface area contributed by atoms with E-state index in [0.29, 0.717) is 18.5 Å². The molecule has 1 fully saturated rings. The van der Waals surface area contributed by atoms with Gasteiger partial charge in [-0.1, -0.05) is 18.2 Å². The van der Waals surface area contributed by atoms with Gasteiger partial charge < -0.3 is 10.2 Å². The molecule has 38 heavy (non-hydrogen) atoms. The van der Waals surface area contributed by atoms with Crippen molar-refractivity contribution in [3.05, 3.63) is 77.2 Å². The highest BCUT2D eigenvalue weighted by Gasteiger charge is 2.40. The lowest BCUT2D eigenvalue weighted by atomic mass is 9.90. The Bertz CT molecular complexity index is 1500. The van der Waals surface area contributed by atoms with Gasteiger partial charge in [0.25, 0.3) is 5.91 Å². The summed E-state index contributed by atoms with van der Waals surface area (Å²) in [5.41, 5.74) is -1.14. The molecule has 4 aromatic rings. The molecule has 1 aliphatic heterocycles. The van der Waals surface area contributed by atoms with Gasteiger partial charge in [0.2, 0.25) is 0 Å². The smallest absolute Gasteiger partial charge is 0.347 e. The van der Waals surface area contributed by atoms with Crippen LogP contribution < -0.4 is 5.32 Å². The Morgan fingerprint density at radius 3 is 2.53 bits per heavy atom. The third-order valence-corrected chi connectivity index (χ3v) is 6.49. The quantitative estimate of drug-likeness (QED) is 0.365. The molecule has 13 heteroatoms. The van der Waals surface area contributed by atoms with Gasteiger partial charge >= 0.3 is 12.4 Å². The molecule has 1 saturated heterocycles. The molecule has 0 radical (unpaired) electrons. The molecule has 0 spiro atoms. The summed E-state index contributed by atoms with van der Waals surface area (Å²) in [6, 6.07) is 8.31. The number of amides is 1. The van der Waals surface area contributed by atoms with E-state index in [-0.39, 0.29) is 28.0 Å². The maximum absolute atomic E-state index is 13.7. The molecule has 7 nitrogen and oxygen atoms in total. The number of hydrogen-bond acceptors (Lipinski definition) is 5. The molecular weight excluding hydrogens is 514 g/mol. The second kappa shape index (κ2) is 9.39. The van der Waals surface area contributed by atoms with E-state index >= 15 is 0 Å². The fourth-order valence-corrected chi connectivity index (χ4v) is 4.77. The van der Waals surface area contributed by atoms with E-state index in [9.17, 15) is 31.1 Å². The molecule has 3 aromatic heterocycles. The van der Waals surface area contributed by atoms with Crippen LogP contribution in [0.5, 0.6) is 0 Å². The van der Waals surface area contributed by atoms with Crippen LogP contribution in [-0.4, -0.2) is 57.2 Å². The van der Waals surface area contributed by atoms with Gasteiger partial charge in [-0.3, -0.25) is 14.9 Å². The fourth-order valence-electron chi connectivity index (χ4n) is 4.77. The van der Waals surface area contributed by atoms with Crippen LogP contribution in [0.25, 0.3) is 22.3 Å². The molecule has 4 heterocycles. The predicted octanol–water partition coefficient (Wildman–Crippen LogP) is 4.89. The third-order valence-electron chi connectivity index (χ3n) is 6.49. The number of alkyl halides is 6. The first-order valence-electron chi connectivity index (χ1n) is 11.4. The van der Waals surface area contributed by atoms with E-state index in [0.717, 1.165) is 18.3 Å². The van der Waals surface area contributed by atoms with Crippen LogP contribution in [0.15, 0.2) is 54.9 Å². The van der Waals surface area contributed by atoms with Crippen molar-refractivity contribution in [3.63, 3.8) is 0 Å². The summed E-state index contributed by atoms with van der Waals surface area (Å²) < 4.78 is 80.4. The zero-order chi connectivity index (χ0) is 27.2. The summed E-state index contributed by atoms with van der Waals surface area (Å²) in [6.45, 7) is 0.636. The lowest BCUT2D eigenvalue weighted by Crippen LogP contribution is -2.40. The van der Waals surface area contributed by atoms with Crippen molar-refractivity contribution < 1.29 is 31.1 Å². The number of carbonyl (C=O) groups is 1. The first-order valence-corrected chi connectivity index (χ1v) is 11.4. The molecule has 1 amide bonds. The van der Waals surface area contributed by atoms with Gasteiger partial charge in [-0.05, 0) is 36.9 Å². The molecule has 5 rings (SSSR count). The first kappa shape index (κ1) is 25.6. The number of likely N-dealkylation sites (tertiary alicyclic amines) is 1. The van der Waals surface area contributed by atoms with E-state index in [4.69, 9.17) is 0 Å². The summed E-state index contributed by atoms with van der Waals surface area (Å²) in [5.74, 6) is -1.19. The maximum atomic E-state index is 13.7. The number of carbonyl (C=O) groups excluding carboxylic acids is 1. The average Bonchev–Trinajstić information content (AvgIpc) is 3.45. The number of halogens is 6. The number of nitrogens with zero attached hydrogens (tertiary/aromatic N) is 4. The number of aromatic nitrogens is 4. The molecular formula is C25H20F6N6O. The molecule has 198 valence electrons. The minimum absolute atomic E-state index is 0.0858. The van der Waals surface area contributed by atoms with E-state index in [1.54, 1.807) is 7.05 Å². The minimum Gasteiger partial charge on any atom is -0.347 e. The number of aromatic amines is 1. The van der Waals surface area contributed by atoms with Crippen LogP contribution >= 0.6 is 0 Å². The summed E-state index contributed by atoms with van der Waals surface area (Å²) in [7, 11) is 1.75. The Balaban J connectivity index is 1.44. The molecule has 2 atom stereocenters. The average molecular weight is 534 g/mol. The molecule has 1 aliphatic rings. The molecule has 0 unspecified atom stereocenters. The molecule has 0 aliphatic carbocycles. The van der Waals surface area contributed by atoms with Crippen molar-refractivity contribution in [2.45, 2.75) is 24.3 Å². The molecule has 2 N–H and O–H groups in total. The number of H-pyrrole nitrogens is 1. The SMILES string of the molecule is CN1C[C@H](NC(=O)c2cnc3[nH]nc(-c4ccnc(C(F)(F)F)c4)c3c2)[C@H](c2ccccc2C(F)(F)F)C1. The summed E-state index contributed by atoms with van der Waals surface area (Å²) >= 11 is 0. The van der Waals surface area contributed by atoms with Gasteiger partial charge in [0.1, 0.15) is 11.4 Å². The largest absolute Gasteiger partial charge is 0.433 e. The number of benzene rings is 1. The Morgan fingerprint density at radius 1 is 1.03 bits per heavy atom. The monoisotopic (exact) mass is 534 g/mol. The van der Waals surface area contributed by atoms with Gasteiger partial charge in [0, 0.05) is 48.4 Å². The summed E-state index contributed by atoms with van der Waals surface area (Å²) in [6.07, 6.45) is -6.91. The Kier molecular flexibility index (Phi) is 6.33. The van der Waals surface area contributed by atoms with Crippen molar-refractivity contribution in [1.82, 2.24) is 30.4 Å². The van der Waals surface area contributed by atoms with Gasteiger partial charge in [-0.15, -0.1) is 0 Å². The van der Waals surface area contributed by atoms with Crippen LogP contribution in [0.1, 0.15) is 33.1 Å². The van der Waals surface area contributed by atoms with Crippen molar-refractivity contribution in [2.24, 2.45) is 0 Å². The van der Waals surface area contributed by atoms with Crippen molar-refractivity contribution in [2.75, 3.05) is 20.1 Å². The lowest BCUT2D eigenvalue weighted by Gasteiger charge is -2.23. The van der Waals surface area contributed by atoms with Gasteiger partial charge in [0.15, 0.2) is 5.65 Å². The highest BCUT2D eigenvalue weighted by Crippen LogP contribution is 2.38. The van der Waals surface area contributed by atoms with Crippen molar-refractivity contribution in [1.29, 1.82) is 0 Å². The highest BCUT2D eigenvalue weighted by molar-refractivity contribution is 6.00. The van der Waals surface area contributed by atoms with E-state index in [1.807, 2.05) is 4.90 Å². The number of pyridine rings is 2. The molecule has 0 saturated carbocycles. The second-order valence-corrected chi connectivity index (χ2v) is 9.11. The number of nitrogens with one attached hydrogen (secondary N) is 2. The third kappa shape index (κ3) is 4.93. The number of likely N-dealkylation sites (N-methyl/N-ethyl adjacent to an activating group) is 1. The van der Waals surface area contributed by atoms with E-state index < -0.39 is 41.5 Å². The van der Waals surface area contributed by atoms with Crippen molar-refractivity contribution in [3.8, 4) is 11.3 Å². The van der Waals surface area contributed by atoms with E-state index in [1.165, 1.54) is 36.5 Å². The zero-order valence-electron chi connectivity index (χ0n) is 19.7. The fraction of sp³-hybridized carbons (Fsp3) is 0.280. The van der Waals surface area contributed by atoms with Crippen LogP contribution in [0.2, 0.25) is 0 Å². The Morgan fingerprint density at radius 2 is 1.79 bits per heavy atom. The molecule has 1 aromatic carbocycles. The van der Waals surface area contributed by atoms with Crippen molar-refractivity contribution >= 4 is 16.9 Å². The van der Waals surface area contributed by atoms with Crippen LogP contribution in [-0.2, 0) is 12.4 Å². The number of fused-ring (bicyclic) bond motifs is 1. The minimum atomic E-state index is -4.65. The Hall–Kier alpha value is -4.00. The molecule has 0 bridgehead atoms. The van der Waals surface area contributed by atoms with Gasteiger partial charge in [-0.2, -0.15) is 31.4 Å². The zero-order valence-corrected chi connectivity index (χ0v) is 19.7. The van der Waals surface area contributed by atoms with Crippen LogP contribution in [0, 0.1) is 0 Å². The summed E-state index contributed by atoms with van der Waals surface area (Å²) in [4.78, 5) is 22.5.